The second kappa shape index (κ2) is 6.54. The first-order valence-electron chi connectivity index (χ1n) is 3.90. The molecular weight excluding hydrogens is 144 g/mol. The first-order valence-corrected chi connectivity index (χ1v) is 3.90. The highest BCUT2D eigenvalue weighted by atomic mass is 16.3. The van der Waals surface area contributed by atoms with E-state index in [1.165, 1.54) is 0 Å². The highest BCUT2D eigenvalue weighted by Crippen LogP contribution is 1.88. The Labute approximate surface area is 67.6 Å². The van der Waals surface area contributed by atoms with Gasteiger partial charge in [0.15, 0.2) is 0 Å². The van der Waals surface area contributed by atoms with Gasteiger partial charge in [0.05, 0.1) is 13.2 Å². The molecule has 1 atom stereocenters. The number of rotatable bonds is 6. The van der Waals surface area contributed by atoms with Gasteiger partial charge < -0.3 is 15.9 Å². The quantitative estimate of drug-likeness (QED) is 0.450. The number of hydrogen-bond donors (Lipinski definition) is 3. The lowest BCUT2D eigenvalue weighted by atomic mass is 10.3. The third-order valence-corrected chi connectivity index (χ3v) is 1.38. The number of aliphatic hydroxyl groups is 2. The van der Waals surface area contributed by atoms with Crippen LogP contribution in [-0.4, -0.2) is 54.0 Å². The van der Waals surface area contributed by atoms with Crippen LogP contribution in [0.1, 0.15) is 6.92 Å². The van der Waals surface area contributed by atoms with Gasteiger partial charge in [-0.3, -0.25) is 4.90 Å². The fourth-order valence-corrected chi connectivity index (χ4v) is 0.984. The number of nitrogens with two attached hydrogens (primary N) is 1. The van der Waals surface area contributed by atoms with Gasteiger partial charge in [0.1, 0.15) is 0 Å². The van der Waals surface area contributed by atoms with E-state index in [1.807, 2.05) is 11.8 Å². The average Bonchev–Trinajstić information content (AvgIpc) is 1.87. The van der Waals surface area contributed by atoms with E-state index in [0.29, 0.717) is 13.1 Å². The summed E-state index contributed by atoms with van der Waals surface area (Å²) in [5.74, 6) is 0. The van der Waals surface area contributed by atoms with Gasteiger partial charge in [0.25, 0.3) is 0 Å². The van der Waals surface area contributed by atoms with Crippen LogP contribution in [0, 0.1) is 0 Å². The van der Waals surface area contributed by atoms with E-state index in [-0.39, 0.29) is 19.3 Å². The SMILES string of the molecule is C[C@@H](N)CN(CCO)CCO. The third kappa shape index (κ3) is 6.25. The fourth-order valence-electron chi connectivity index (χ4n) is 0.984. The summed E-state index contributed by atoms with van der Waals surface area (Å²) in [5, 5.41) is 17.2. The Balaban J connectivity index is 3.50. The Kier molecular flexibility index (Phi) is 6.45. The van der Waals surface area contributed by atoms with E-state index < -0.39 is 0 Å². The molecule has 4 N–H and O–H groups in total. The number of hydrogen-bond acceptors (Lipinski definition) is 4. The van der Waals surface area contributed by atoms with Gasteiger partial charge in [-0.25, -0.2) is 0 Å². The van der Waals surface area contributed by atoms with Crippen LogP contribution in [0.3, 0.4) is 0 Å². The highest BCUT2D eigenvalue weighted by Gasteiger charge is 2.04. The molecule has 0 saturated carbocycles. The molecule has 0 fully saturated rings. The van der Waals surface area contributed by atoms with Gasteiger partial charge >= 0.3 is 0 Å². The second-order valence-corrected chi connectivity index (χ2v) is 2.73. The molecule has 0 heterocycles. The van der Waals surface area contributed by atoms with Crippen LogP contribution in [0.4, 0.5) is 0 Å². The largest absolute Gasteiger partial charge is 0.395 e. The topological polar surface area (TPSA) is 69.7 Å². The molecule has 0 aromatic heterocycles. The predicted octanol–water partition coefficient (Wildman–Crippen LogP) is -1.38. The molecule has 0 aliphatic carbocycles. The van der Waals surface area contributed by atoms with Crippen LogP contribution in [0.2, 0.25) is 0 Å². The summed E-state index contributed by atoms with van der Waals surface area (Å²) in [6.45, 7) is 4.03. The zero-order valence-corrected chi connectivity index (χ0v) is 7.03. The summed E-state index contributed by atoms with van der Waals surface area (Å²) in [6, 6.07) is 0.0908. The molecular formula is C7H18N2O2. The van der Waals surface area contributed by atoms with Gasteiger partial charge in [0, 0.05) is 25.7 Å². The Morgan fingerprint density at radius 1 is 1.27 bits per heavy atom. The molecule has 0 amide bonds. The van der Waals surface area contributed by atoms with E-state index >= 15 is 0 Å². The summed E-state index contributed by atoms with van der Waals surface area (Å²) in [5.41, 5.74) is 5.55. The summed E-state index contributed by atoms with van der Waals surface area (Å²) in [6.07, 6.45) is 0. The van der Waals surface area contributed by atoms with E-state index in [4.69, 9.17) is 15.9 Å². The van der Waals surface area contributed by atoms with E-state index in [0.717, 1.165) is 6.54 Å². The minimum atomic E-state index is 0.0908. The van der Waals surface area contributed by atoms with Crippen LogP contribution in [0.25, 0.3) is 0 Å². The van der Waals surface area contributed by atoms with Crippen LogP contribution in [0.5, 0.6) is 0 Å². The molecule has 68 valence electrons. The van der Waals surface area contributed by atoms with Crippen molar-refractivity contribution < 1.29 is 10.2 Å². The Morgan fingerprint density at radius 2 is 1.73 bits per heavy atom. The van der Waals surface area contributed by atoms with Gasteiger partial charge in [0.2, 0.25) is 0 Å². The third-order valence-electron chi connectivity index (χ3n) is 1.38. The number of nitrogens with zero attached hydrogens (tertiary/aromatic N) is 1. The van der Waals surface area contributed by atoms with Crippen molar-refractivity contribution in [2.75, 3.05) is 32.8 Å². The van der Waals surface area contributed by atoms with Crippen molar-refractivity contribution in [2.45, 2.75) is 13.0 Å². The monoisotopic (exact) mass is 162 g/mol. The molecule has 4 heteroatoms. The van der Waals surface area contributed by atoms with Crippen molar-refractivity contribution in [1.82, 2.24) is 4.90 Å². The zero-order valence-electron chi connectivity index (χ0n) is 7.03. The molecule has 0 aliphatic heterocycles. The van der Waals surface area contributed by atoms with Crippen LogP contribution in [-0.2, 0) is 0 Å². The molecule has 0 aliphatic rings. The van der Waals surface area contributed by atoms with E-state index in [2.05, 4.69) is 0 Å². The van der Waals surface area contributed by atoms with Crippen LogP contribution >= 0.6 is 0 Å². The van der Waals surface area contributed by atoms with E-state index in [1.54, 1.807) is 0 Å². The Morgan fingerprint density at radius 3 is 2.00 bits per heavy atom. The standard InChI is InChI=1S/C7H18N2O2/c1-7(8)6-9(2-4-10)3-5-11/h7,10-11H,2-6,8H2,1H3/t7-/m1/s1. The normalized spacial score (nSPS) is 13.9. The van der Waals surface area contributed by atoms with Gasteiger partial charge in [-0.2, -0.15) is 0 Å². The van der Waals surface area contributed by atoms with E-state index in [9.17, 15) is 0 Å². The summed E-state index contributed by atoms with van der Waals surface area (Å²) in [7, 11) is 0. The summed E-state index contributed by atoms with van der Waals surface area (Å²) in [4.78, 5) is 1.94. The van der Waals surface area contributed by atoms with Gasteiger partial charge in [-0.1, -0.05) is 0 Å². The minimum Gasteiger partial charge on any atom is -0.395 e. The summed E-state index contributed by atoms with van der Waals surface area (Å²) < 4.78 is 0. The first kappa shape index (κ1) is 10.8. The molecule has 4 nitrogen and oxygen atoms in total. The highest BCUT2D eigenvalue weighted by molar-refractivity contribution is 4.62. The minimum absolute atomic E-state index is 0.0908. The molecule has 0 aromatic carbocycles. The van der Waals surface area contributed by atoms with Crippen LogP contribution < -0.4 is 5.73 Å². The second-order valence-electron chi connectivity index (χ2n) is 2.73. The maximum Gasteiger partial charge on any atom is 0.0558 e. The van der Waals surface area contributed by atoms with Crippen molar-refractivity contribution in [3.63, 3.8) is 0 Å². The fraction of sp³-hybridized carbons (Fsp3) is 1.00. The maximum atomic E-state index is 8.61. The smallest absolute Gasteiger partial charge is 0.0558 e. The van der Waals surface area contributed by atoms with Crippen LogP contribution in [0.15, 0.2) is 0 Å². The molecule has 11 heavy (non-hydrogen) atoms. The van der Waals surface area contributed by atoms with Crippen molar-refractivity contribution >= 4 is 0 Å². The zero-order chi connectivity index (χ0) is 8.69. The Bertz CT molecular complexity index is 82.5. The van der Waals surface area contributed by atoms with Crippen molar-refractivity contribution in [2.24, 2.45) is 5.73 Å². The lowest BCUT2D eigenvalue weighted by molar-refractivity contribution is 0.157. The molecule has 0 aromatic rings. The number of aliphatic hydroxyl groups excluding tert-OH is 2. The first-order chi connectivity index (χ1) is 5.20. The summed E-state index contributed by atoms with van der Waals surface area (Å²) >= 11 is 0. The lowest BCUT2D eigenvalue weighted by Crippen LogP contribution is -2.38. The maximum absolute atomic E-state index is 8.61. The molecule has 0 rings (SSSR count). The lowest BCUT2D eigenvalue weighted by Gasteiger charge is -2.21. The molecule has 0 unspecified atom stereocenters. The molecule has 0 bridgehead atoms. The van der Waals surface area contributed by atoms with Crippen molar-refractivity contribution in [3.05, 3.63) is 0 Å². The van der Waals surface area contributed by atoms with Gasteiger partial charge in [-0.05, 0) is 6.92 Å². The molecule has 0 saturated heterocycles. The van der Waals surface area contributed by atoms with Crippen molar-refractivity contribution in [3.8, 4) is 0 Å². The Hall–Kier alpha value is -0.160. The predicted molar refractivity (Wildman–Crippen MR) is 44.3 cm³/mol. The average molecular weight is 162 g/mol. The molecule has 0 radical (unpaired) electrons. The van der Waals surface area contributed by atoms with Gasteiger partial charge in [-0.15, -0.1) is 0 Å². The molecule has 0 spiro atoms. The van der Waals surface area contributed by atoms with Crippen molar-refractivity contribution in [1.29, 1.82) is 0 Å².